The Bertz CT molecular complexity index is 504. The highest BCUT2D eigenvalue weighted by Crippen LogP contribution is 2.21. The van der Waals surface area contributed by atoms with E-state index in [9.17, 15) is 4.79 Å². The first-order valence-electron chi connectivity index (χ1n) is 5.94. The number of halogens is 1. The van der Waals surface area contributed by atoms with Gasteiger partial charge in [-0.3, -0.25) is 0 Å². The maximum Gasteiger partial charge on any atom is 0.334 e. The van der Waals surface area contributed by atoms with Gasteiger partial charge in [-0.25, -0.2) is 4.79 Å². The summed E-state index contributed by atoms with van der Waals surface area (Å²) < 4.78 is 10.0. The Morgan fingerprint density at radius 1 is 1.37 bits per heavy atom. The van der Waals surface area contributed by atoms with Gasteiger partial charge < -0.3 is 9.47 Å². The zero-order valence-electron chi connectivity index (χ0n) is 11.3. The molecule has 0 bridgehead atoms. The maximum atomic E-state index is 11.4. The molecule has 0 saturated heterocycles. The van der Waals surface area contributed by atoms with E-state index in [-0.39, 0.29) is 0 Å². The Hall–Kier alpha value is -1.74. The van der Waals surface area contributed by atoms with E-state index in [1.807, 2.05) is 37.3 Å². The summed E-state index contributed by atoms with van der Waals surface area (Å²) >= 11 is 6.08. The highest BCUT2D eigenvalue weighted by atomic mass is 35.5. The Morgan fingerprint density at radius 3 is 2.63 bits per heavy atom. The average Bonchev–Trinajstić information content (AvgIpc) is 2.39. The Labute approximate surface area is 118 Å². The third kappa shape index (κ3) is 4.79. The fraction of sp³-hybridized carbons (Fsp3) is 0.267. The van der Waals surface area contributed by atoms with Crippen LogP contribution in [0.15, 0.2) is 41.7 Å². The summed E-state index contributed by atoms with van der Waals surface area (Å²) in [4.78, 5) is 11.4. The van der Waals surface area contributed by atoms with Gasteiger partial charge in [-0.1, -0.05) is 29.8 Å². The lowest BCUT2D eigenvalue weighted by atomic mass is 10.1. The van der Waals surface area contributed by atoms with E-state index in [4.69, 9.17) is 21.1 Å². The van der Waals surface area contributed by atoms with E-state index in [1.54, 1.807) is 6.92 Å². The molecule has 1 rings (SSSR count). The minimum Gasteiger partial charge on any atom is -0.496 e. The molecule has 0 aliphatic carbocycles. The van der Waals surface area contributed by atoms with Gasteiger partial charge in [0.1, 0.15) is 5.76 Å². The number of ether oxygens (including phenoxy) is 2. The van der Waals surface area contributed by atoms with E-state index >= 15 is 0 Å². The molecule has 0 N–H and O–H groups in total. The normalized spacial score (nSPS) is 12.2. The number of benzene rings is 1. The van der Waals surface area contributed by atoms with Crippen LogP contribution in [-0.4, -0.2) is 19.7 Å². The molecule has 0 aliphatic heterocycles. The SMILES string of the molecule is CCOC(=O)/C=C(OC)/C(C)=C/c1ccccc1Cl. The van der Waals surface area contributed by atoms with Crippen molar-refractivity contribution in [2.45, 2.75) is 13.8 Å². The van der Waals surface area contributed by atoms with Gasteiger partial charge in [-0.15, -0.1) is 0 Å². The van der Waals surface area contributed by atoms with E-state index in [2.05, 4.69) is 0 Å². The minimum atomic E-state index is -0.425. The van der Waals surface area contributed by atoms with E-state index in [0.717, 1.165) is 11.1 Å². The first-order chi connectivity index (χ1) is 9.08. The molecule has 0 saturated carbocycles. The van der Waals surface area contributed by atoms with E-state index < -0.39 is 5.97 Å². The van der Waals surface area contributed by atoms with Crippen molar-refractivity contribution in [2.75, 3.05) is 13.7 Å². The molecule has 0 aliphatic rings. The molecule has 0 heterocycles. The fourth-order valence-electron chi connectivity index (χ4n) is 1.52. The summed E-state index contributed by atoms with van der Waals surface area (Å²) in [5.41, 5.74) is 1.66. The molecule has 0 fully saturated rings. The third-order valence-electron chi connectivity index (χ3n) is 2.42. The number of allylic oxidation sites excluding steroid dienone is 1. The largest absolute Gasteiger partial charge is 0.496 e. The molecule has 0 atom stereocenters. The highest BCUT2D eigenvalue weighted by molar-refractivity contribution is 6.32. The molecule has 4 heteroatoms. The number of carbonyl (C=O) groups excluding carboxylic acids is 1. The van der Waals surface area contributed by atoms with E-state index in [0.29, 0.717) is 17.4 Å². The van der Waals surface area contributed by atoms with Crippen LogP contribution in [0.5, 0.6) is 0 Å². The predicted octanol–water partition coefficient (Wildman–Crippen LogP) is 3.84. The standard InChI is InChI=1S/C15H17ClO3/c1-4-19-15(17)10-14(18-3)11(2)9-12-7-5-6-8-13(12)16/h5-10H,4H2,1-3H3/b11-9+,14-10-. The Morgan fingerprint density at radius 2 is 2.05 bits per heavy atom. The molecule has 102 valence electrons. The summed E-state index contributed by atoms with van der Waals surface area (Å²) in [6.07, 6.45) is 3.18. The van der Waals surface area contributed by atoms with Gasteiger partial charge in [0, 0.05) is 5.02 Å². The van der Waals surface area contributed by atoms with Gasteiger partial charge in [0.15, 0.2) is 0 Å². The number of hydrogen-bond acceptors (Lipinski definition) is 3. The summed E-state index contributed by atoms with van der Waals surface area (Å²) in [6.45, 7) is 3.93. The average molecular weight is 281 g/mol. The van der Waals surface area contributed by atoms with Crippen molar-refractivity contribution in [1.29, 1.82) is 0 Å². The van der Waals surface area contributed by atoms with E-state index in [1.165, 1.54) is 13.2 Å². The van der Waals surface area contributed by atoms with Crippen LogP contribution in [0.1, 0.15) is 19.4 Å². The van der Waals surface area contributed by atoms with Gasteiger partial charge in [-0.05, 0) is 37.1 Å². The van der Waals surface area contributed by atoms with Crippen molar-refractivity contribution in [1.82, 2.24) is 0 Å². The van der Waals surface area contributed by atoms with Crippen LogP contribution < -0.4 is 0 Å². The topological polar surface area (TPSA) is 35.5 Å². The molecule has 1 aromatic carbocycles. The van der Waals surface area contributed by atoms with Crippen molar-refractivity contribution >= 4 is 23.6 Å². The first-order valence-corrected chi connectivity index (χ1v) is 6.32. The van der Waals surface area contributed by atoms with Gasteiger partial charge in [-0.2, -0.15) is 0 Å². The summed E-state index contributed by atoms with van der Waals surface area (Å²) in [7, 11) is 1.51. The molecule has 0 amide bonds. The van der Waals surface area contributed by atoms with Crippen LogP contribution in [-0.2, 0) is 14.3 Å². The van der Waals surface area contributed by atoms with Crippen LogP contribution in [0.2, 0.25) is 5.02 Å². The monoisotopic (exact) mass is 280 g/mol. The second-order valence-electron chi connectivity index (χ2n) is 3.81. The van der Waals surface area contributed by atoms with Crippen LogP contribution in [0, 0.1) is 0 Å². The smallest absolute Gasteiger partial charge is 0.334 e. The van der Waals surface area contributed by atoms with Crippen molar-refractivity contribution in [3.05, 3.63) is 52.3 Å². The molecule has 0 unspecified atom stereocenters. The zero-order chi connectivity index (χ0) is 14.3. The lowest BCUT2D eigenvalue weighted by Gasteiger charge is -2.07. The number of esters is 1. The molecular weight excluding hydrogens is 264 g/mol. The summed E-state index contributed by atoms with van der Waals surface area (Å²) in [5.74, 6) is 0.0321. The van der Waals surface area contributed by atoms with Crippen molar-refractivity contribution in [3.63, 3.8) is 0 Å². The van der Waals surface area contributed by atoms with Gasteiger partial charge in [0.2, 0.25) is 0 Å². The lowest BCUT2D eigenvalue weighted by molar-refractivity contribution is -0.137. The summed E-state index contributed by atoms with van der Waals surface area (Å²) in [5, 5.41) is 0.647. The van der Waals surface area contributed by atoms with Crippen LogP contribution in [0.3, 0.4) is 0 Å². The van der Waals surface area contributed by atoms with Crippen LogP contribution in [0.4, 0.5) is 0 Å². The fourth-order valence-corrected chi connectivity index (χ4v) is 1.71. The highest BCUT2D eigenvalue weighted by Gasteiger charge is 2.06. The first kappa shape index (κ1) is 15.3. The van der Waals surface area contributed by atoms with Crippen molar-refractivity contribution in [2.24, 2.45) is 0 Å². The molecule has 0 radical (unpaired) electrons. The van der Waals surface area contributed by atoms with Gasteiger partial charge in [0.05, 0.1) is 19.8 Å². The third-order valence-corrected chi connectivity index (χ3v) is 2.77. The second-order valence-corrected chi connectivity index (χ2v) is 4.22. The Balaban J connectivity index is 2.99. The second kappa shape index (κ2) is 7.64. The number of carbonyl (C=O) groups is 1. The maximum absolute atomic E-state index is 11.4. The molecular formula is C15H17ClO3. The van der Waals surface area contributed by atoms with Gasteiger partial charge >= 0.3 is 5.97 Å². The molecule has 1 aromatic rings. The Kier molecular flexibility index (Phi) is 6.16. The number of methoxy groups -OCH3 is 1. The number of hydrogen-bond donors (Lipinski definition) is 0. The van der Waals surface area contributed by atoms with Crippen LogP contribution >= 0.6 is 11.6 Å². The number of rotatable bonds is 5. The molecule has 19 heavy (non-hydrogen) atoms. The molecule has 0 spiro atoms. The molecule has 3 nitrogen and oxygen atoms in total. The predicted molar refractivity (Wildman–Crippen MR) is 76.8 cm³/mol. The minimum absolute atomic E-state index is 0.333. The zero-order valence-corrected chi connectivity index (χ0v) is 12.0. The van der Waals surface area contributed by atoms with Crippen molar-refractivity contribution < 1.29 is 14.3 Å². The quantitative estimate of drug-likeness (QED) is 0.356. The van der Waals surface area contributed by atoms with Crippen molar-refractivity contribution in [3.8, 4) is 0 Å². The summed E-state index contributed by atoms with van der Waals surface area (Å²) in [6, 6.07) is 7.46. The van der Waals surface area contributed by atoms with Gasteiger partial charge in [0.25, 0.3) is 0 Å². The lowest BCUT2D eigenvalue weighted by Crippen LogP contribution is -2.02. The molecule has 0 aromatic heterocycles. The van der Waals surface area contributed by atoms with Crippen LogP contribution in [0.25, 0.3) is 6.08 Å².